The Balaban J connectivity index is 1.50. The molecule has 35 heavy (non-hydrogen) atoms. The number of nitrogens with zero attached hydrogens (tertiary/aromatic N) is 5. The van der Waals surface area contributed by atoms with Crippen molar-refractivity contribution >= 4 is 23.2 Å². The van der Waals surface area contributed by atoms with Gasteiger partial charge in [0.1, 0.15) is 5.82 Å². The third kappa shape index (κ3) is 5.19. The summed E-state index contributed by atoms with van der Waals surface area (Å²) < 4.78 is 40.6. The van der Waals surface area contributed by atoms with Gasteiger partial charge < -0.3 is 15.1 Å². The summed E-state index contributed by atoms with van der Waals surface area (Å²) in [5, 5.41) is 6.76. The summed E-state index contributed by atoms with van der Waals surface area (Å²) in [6.45, 7) is 6.63. The third-order valence-electron chi connectivity index (χ3n) is 5.98. The maximum Gasteiger partial charge on any atom is 0.416 e. The maximum absolute atomic E-state index is 13.1. The maximum atomic E-state index is 13.1. The molecule has 2 aromatic heterocycles. The number of aromatic nitrogens is 3. The fraction of sp³-hybridized carbons (Fsp3) is 0.333. The van der Waals surface area contributed by atoms with E-state index in [0.717, 1.165) is 44.1 Å². The number of amides is 1. The van der Waals surface area contributed by atoms with Crippen LogP contribution in [-0.2, 0) is 11.0 Å². The predicted octanol–water partition coefficient (Wildman–Crippen LogP) is 3.48. The Morgan fingerprint density at radius 1 is 1.03 bits per heavy atom. The second-order valence-corrected chi connectivity index (χ2v) is 8.48. The molecule has 1 amide bonds. The molecule has 184 valence electrons. The molecule has 3 aromatic rings. The number of halogens is 3. The summed E-state index contributed by atoms with van der Waals surface area (Å²) >= 11 is 0. The SMILES string of the molecule is Cc1nn(-c2cccc(C(F)(F)F)c2)c(C)c1C(=O)C(=O)Nc1ccc(N2CCN(C)CC2)nc1. The summed E-state index contributed by atoms with van der Waals surface area (Å²) in [5.41, 5.74) is 0.224. The van der Waals surface area contributed by atoms with Crippen molar-refractivity contribution in [2.75, 3.05) is 43.4 Å². The Morgan fingerprint density at radius 3 is 2.37 bits per heavy atom. The average Bonchev–Trinajstić information content (AvgIpc) is 3.13. The zero-order valence-electron chi connectivity index (χ0n) is 19.6. The number of hydrogen-bond acceptors (Lipinski definition) is 6. The normalized spacial score (nSPS) is 14.7. The van der Waals surface area contributed by atoms with Gasteiger partial charge in [-0.05, 0) is 51.2 Å². The van der Waals surface area contributed by atoms with E-state index in [1.807, 2.05) is 0 Å². The zero-order chi connectivity index (χ0) is 25.3. The van der Waals surface area contributed by atoms with E-state index >= 15 is 0 Å². The quantitative estimate of drug-likeness (QED) is 0.439. The number of ketones is 1. The standard InChI is InChI=1S/C24H25F3N6O2/c1-15-21(16(2)33(30-15)19-6-4-5-17(13-19)24(25,26)27)22(34)23(35)29-18-7-8-20(28-14-18)32-11-9-31(3)10-12-32/h4-8,13-14H,9-12H2,1-3H3,(H,29,35). The van der Waals surface area contributed by atoms with E-state index in [1.165, 1.54) is 36.9 Å². The van der Waals surface area contributed by atoms with Gasteiger partial charge in [-0.25, -0.2) is 9.67 Å². The van der Waals surface area contributed by atoms with Crippen LogP contribution in [0.3, 0.4) is 0 Å². The Hall–Kier alpha value is -3.73. The smallest absolute Gasteiger partial charge is 0.354 e. The minimum absolute atomic E-state index is 0.0435. The van der Waals surface area contributed by atoms with Gasteiger partial charge in [0.2, 0.25) is 0 Å². The molecule has 1 N–H and O–H groups in total. The molecule has 3 heterocycles. The van der Waals surface area contributed by atoms with Crippen molar-refractivity contribution < 1.29 is 22.8 Å². The number of benzene rings is 1. The number of pyridine rings is 1. The van der Waals surface area contributed by atoms with Gasteiger partial charge in [-0.15, -0.1) is 0 Å². The number of carbonyl (C=O) groups is 2. The highest BCUT2D eigenvalue weighted by Gasteiger charge is 2.31. The number of piperazine rings is 1. The first kappa shape index (κ1) is 24.4. The molecular weight excluding hydrogens is 461 g/mol. The van der Waals surface area contributed by atoms with E-state index in [4.69, 9.17) is 0 Å². The molecule has 1 aromatic carbocycles. The number of aryl methyl sites for hydroxylation is 1. The molecule has 1 aliphatic heterocycles. The molecule has 8 nitrogen and oxygen atoms in total. The number of hydrogen-bond donors (Lipinski definition) is 1. The Morgan fingerprint density at radius 2 is 1.74 bits per heavy atom. The lowest BCUT2D eigenvalue weighted by molar-refractivity contribution is -0.137. The van der Waals surface area contributed by atoms with Crippen molar-refractivity contribution in [1.29, 1.82) is 0 Å². The zero-order valence-corrected chi connectivity index (χ0v) is 19.6. The van der Waals surface area contributed by atoms with Gasteiger partial charge in [-0.2, -0.15) is 18.3 Å². The number of anilines is 2. The average molecular weight is 486 g/mol. The van der Waals surface area contributed by atoms with Crippen LogP contribution >= 0.6 is 0 Å². The van der Waals surface area contributed by atoms with Crippen LogP contribution in [0.15, 0.2) is 42.6 Å². The number of Topliss-reactive ketones (excluding diaryl/α,β-unsaturated/α-hetero) is 1. The van der Waals surface area contributed by atoms with Gasteiger partial charge in [0.05, 0.1) is 40.1 Å². The highest BCUT2D eigenvalue weighted by molar-refractivity contribution is 6.47. The minimum Gasteiger partial charge on any atom is -0.354 e. The molecule has 1 aliphatic rings. The van der Waals surface area contributed by atoms with Crippen LogP contribution in [0.25, 0.3) is 5.69 Å². The van der Waals surface area contributed by atoms with Gasteiger partial charge in [0, 0.05) is 26.2 Å². The second kappa shape index (κ2) is 9.49. The number of nitrogens with one attached hydrogen (secondary N) is 1. The van der Waals surface area contributed by atoms with Crippen molar-refractivity contribution in [2.24, 2.45) is 0 Å². The number of carbonyl (C=O) groups excluding carboxylic acids is 2. The van der Waals surface area contributed by atoms with Gasteiger partial charge >= 0.3 is 6.18 Å². The molecule has 1 saturated heterocycles. The monoisotopic (exact) mass is 486 g/mol. The topological polar surface area (TPSA) is 83.4 Å². The molecule has 0 radical (unpaired) electrons. The van der Waals surface area contributed by atoms with Gasteiger partial charge in [-0.1, -0.05) is 6.07 Å². The highest BCUT2D eigenvalue weighted by Crippen LogP contribution is 2.31. The fourth-order valence-electron chi connectivity index (χ4n) is 4.02. The lowest BCUT2D eigenvalue weighted by atomic mass is 10.1. The first-order valence-electron chi connectivity index (χ1n) is 11.0. The summed E-state index contributed by atoms with van der Waals surface area (Å²) in [7, 11) is 2.06. The van der Waals surface area contributed by atoms with Crippen molar-refractivity contribution in [3.05, 3.63) is 65.1 Å². The molecule has 0 saturated carbocycles. The van der Waals surface area contributed by atoms with Crippen molar-refractivity contribution in [3.8, 4) is 5.69 Å². The lowest BCUT2D eigenvalue weighted by Crippen LogP contribution is -2.44. The summed E-state index contributed by atoms with van der Waals surface area (Å²) in [4.78, 5) is 34.4. The molecule has 1 fully saturated rings. The summed E-state index contributed by atoms with van der Waals surface area (Å²) in [5.74, 6) is -0.924. The van der Waals surface area contributed by atoms with E-state index < -0.39 is 23.4 Å². The van der Waals surface area contributed by atoms with Crippen LogP contribution in [0, 0.1) is 13.8 Å². The van der Waals surface area contributed by atoms with Crippen LogP contribution in [0.1, 0.15) is 27.3 Å². The molecule has 4 rings (SSSR count). The van der Waals surface area contributed by atoms with Gasteiger partial charge in [0.25, 0.3) is 11.7 Å². The minimum atomic E-state index is -4.52. The first-order chi connectivity index (χ1) is 16.5. The van der Waals surface area contributed by atoms with Crippen LogP contribution < -0.4 is 10.2 Å². The van der Waals surface area contributed by atoms with Crippen LogP contribution in [0.2, 0.25) is 0 Å². The Labute approximate surface area is 200 Å². The Bertz CT molecular complexity index is 1250. The molecule has 0 bridgehead atoms. The van der Waals surface area contributed by atoms with Crippen molar-refractivity contribution in [1.82, 2.24) is 19.7 Å². The second-order valence-electron chi connectivity index (χ2n) is 8.48. The number of alkyl halides is 3. The summed E-state index contributed by atoms with van der Waals surface area (Å²) in [6, 6.07) is 8.09. The van der Waals surface area contributed by atoms with Crippen molar-refractivity contribution in [3.63, 3.8) is 0 Å². The molecular formula is C24H25F3N6O2. The van der Waals surface area contributed by atoms with E-state index in [9.17, 15) is 22.8 Å². The molecule has 0 aliphatic carbocycles. The van der Waals surface area contributed by atoms with Crippen LogP contribution in [0.4, 0.5) is 24.7 Å². The van der Waals surface area contributed by atoms with Gasteiger partial charge in [-0.3, -0.25) is 9.59 Å². The largest absolute Gasteiger partial charge is 0.416 e. The number of rotatable bonds is 5. The van der Waals surface area contributed by atoms with Crippen LogP contribution in [-0.4, -0.2) is 64.6 Å². The molecule has 0 atom stereocenters. The van der Waals surface area contributed by atoms with E-state index in [1.54, 1.807) is 12.1 Å². The molecule has 0 spiro atoms. The fourth-order valence-corrected chi connectivity index (χ4v) is 4.02. The predicted molar refractivity (Wildman–Crippen MR) is 125 cm³/mol. The Kier molecular flexibility index (Phi) is 6.62. The van der Waals surface area contributed by atoms with Crippen molar-refractivity contribution in [2.45, 2.75) is 20.0 Å². The summed E-state index contributed by atoms with van der Waals surface area (Å²) in [6.07, 6.45) is -3.02. The highest BCUT2D eigenvalue weighted by atomic mass is 19.4. The first-order valence-corrected chi connectivity index (χ1v) is 11.0. The third-order valence-corrected chi connectivity index (χ3v) is 5.98. The number of likely N-dealkylation sites (N-methyl/N-ethyl adjacent to an activating group) is 1. The van der Waals surface area contributed by atoms with E-state index in [-0.39, 0.29) is 22.6 Å². The lowest BCUT2D eigenvalue weighted by Gasteiger charge is -2.33. The van der Waals surface area contributed by atoms with E-state index in [2.05, 4.69) is 32.2 Å². The van der Waals surface area contributed by atoms with E-state index in [0.29, 0.717) is 5.69 Å². The molecule has 11 heteroatoms. The van der Waals surface area contributed by atoms with Crippen LogP contribution in [0.5, 0.6) is 0 Å². The van der Waals surface area contributed by atoms with Gasteiger partial charge in [0.15, 0.2) is 0 Å². The molecule has 0 unspecified atom stereocenters.